The highest BCUT2D eigenvalue weighted by molar-refractivity contribution is 7.87. The second-order valence-corrected chi connectivity index (χ2v) is 8.11. The second kappa shape index (κ2) is 6.54. The van der Waals surface area contributed by atoms with Crippen molar-refractivity contribution in [2.45, 2.75) is 44.7 Å². The average molecular weight is 337 g/mol. The van der Waals surface area contributed by atoms with Crippen LogP contribution in [0.4, 0.5) is 0 Å². The maximum Gasteiger partial charge on any atom is 0.279 e. The first-order valence-corrected chi connectivity index (χ1v) is 9.42. The van der Waals surface area contributed by atoms with Gasteiger partial charge in [-0.15, -0.1) is 0 Å². The summed E-state index contributed by atoms with van der Waals surface area (Å²) >= 11 is 0. The molecule has 1 aliphatic carbocycles. The predicted molar refractivity (Wildman–Crippen MR) is 89.1 cm³/mol. The summed E-state index contributed by atoms with van der Waals surface area (Å²) in [6.45, 7) is 0.174. The molecule has 7 nitrogen and oxygen atoms in total. The SMILES string of the molecule is CN(C)S(=O)(=O)NCc1nc2cccnc2n1C1CCCCC1. The van der Waals surface area contributed by atoms with Crippen molar-refractivity contribution < 1.29 is 8.42 Å². The third kappa shape index (κ3) is 3.39. The van der Waals surface area contributed by atoms with Crippen molar-refractivity contribution in [3.05, 3.63) is 24.2 Å². The van der Waals surface area contributed by atoms with Gasteiger partial charge in [-0.1, -0.05) is 19.3 Å². The van der Waals surface area contributed by atoms with Crippen LogP contribution in [0.1, 0.15) is 44.0 Å². The van der Waals surface area contributed by atoms with E-state index in [9.17, 15) is 8.42 Å². The largest absolute Gasteiger partial charge is 0.308 e. The van der Waals surface area contributed by atoms with Crippen LogP contribution >= 0.6 is 0 Å². The van der Waals surface area contributed by atoms with Crippen LogP contribution in [0, 0.1) is 0 Å². The van der Waals surface area contributed by atoms with Crippen LogP contribution in [0.2, 0.25) is 0 Å². The molecule has 0 spiro atoms. The third-order valence-electron chi connectivity index (χ3n) is 4.36. The number of rotatable bonds is 5. The molecule has 2 heterocycles. The van der Waals surface area contributed by atoms with Gasteiger partial charge >= 0.3 is 0 Å². The normalized spacial score (nSPS) is 17.2. The van der Waals surface area contributed by atoms with E-state index in [2.05, 4.69) is 19.3 Å². The lowest BCUT2D eigenvalue weighted by Gasteiger charge is -2.25. The lowest BCUT2D eigenvalue weighted by Crippen LogP contribution is -2.36. The van der Waals surface area contributed by atoms with E-state index in [1.165, 1.54) is 37.7 Å². The Morgan fingerprint density at radius 2 is 2.04 bits per heavy atom. The minimum atomic E-state index is -3.47. The van der Waals surface area contributed by atoms with Crippen LogP contribution in [0.15, 0.2) is 18.3 Å². The van der Waals surface area contributed by atoms with E-state index in [1.807, 2.05) is 12.1 Å². The molecule has 0 bridgehead atoms. The van der Waals surface area contributed by atoms with Gasteiger partial charge in [-0.05, 0) is 25.0 Å². The summed E-state index contributed by atoms with van der Waals surface area (Å²) in [5.41, 5.74) is 1.66. The van der Waals surface area contributed by atoms with E-state index in [-0.39, 0.29) is 6.54 Å². The summed E-state index contributed by atoms with van der Waals surface area (Å²) in [5, 5.41) is 0. The topological polar surface area (TPSA) is 80.1 Å². The Hall–Kier alpha value is -1.51. The van der Waals surface area contributed by atoms with E-state index in [0.29, 0.717) is 6.04 Å². The second-order valence-electron chi connectivity index (χ2n) is 6.14. The van der Waals surface area contributed by atoms with Gasteiger partial charge in [0.2, 0.25) is 0 Å². The van der Waals surface area contributed by atoms with Gasteiger partial charge in [0.05, 0.1) is 6.54 Å². The van der Waals surface area contributed by atoms with Gasteiger partial charge in [-0.3, -0.25) is 0 Å². The Kier molecular flexibility index (Phi) is 4.65. The number of pyridine rings is 1. The third-order valence-corrected chi connectivity index (χ3v) is 5.83. The molecule has 1 saturated carbocycles. The molecule has 1 aliphatic rings. The lowest BCUT2D eigenvalue weighted by molar-refractivity contribution is 0.350. The number of nitrogens with one attached hydrogen (secondary N) is 1. The predicted octanol–water partition coefficient (Wildman–Crippen LogP) is 1.83. The van der Waals surface area contributed by atoms with Gasteiger partial charge < -0.3 is 4.57 Å². The molecule has 0 aliphatic heterocycles. The van der Waals surface area contributed by atoms with E-state index >= 15 is 0 Å². The Balaban J connectivity index is 1.95. The van der Waals surface area contributed by atoms with Crippen molar-refractivity contribution in [2.24, 2.45) is 0 Å². The van der Waals surface area contributed by atoms with Gasteiger partial charge in [0.1, 0.15) is 11.3 Å². The van der Waals surface area contributed by atoms with E-state index in [0.717, 1.165) is 29.8 Å². The zero-order valence-electron chi connectivity index (χ0n) is 13.6. The highest BCUT2D eigenvalue weighted by Crippen LogP contribution is 2.31. The van der Waals surface area contributed by atoms with Crippen molar-refractivity contribution in [3.63, 3.8) is 0 Å². The quantitative estimate of drug-likeness (QED) is 0.903. The number of aromatic nitrogens is 3. The van der Waals surface area contributed by atoms with Crippen LogP contribution < -0.4 is 4.72 Å². The zero-order chi connectivity index (χ0) is 16.4. The van der Waals surface area contributed by atoms with Gasteiger partial charge in [-0.25, -0.2) is 9.97 Å². The Labute approximate surface area is 136 Å². The van der Waals surface area contributed by atoms with E-state index < -0.39 is 10.2 Å². The first kappa shape index (κ1) is 16.4. The molecular formula is C15H23N5O2S. The molecule has 8 heteroatoms. The minimum Gasteiger partial charge on any atom is -0.308 e. The van der Waals surface area contributed by atoms with Crippen LogP contribution in [0.25, 0.3) is 11.2 Å². The Bertz CT molecular complexity index is 778. The fourth-order valence-corrected chi connectivity index (χ4v) is 3.68. The Morgan fingerprint density at radius 1 is 1.30 bits per heavy atom. The van der Waals surface area contributed by atoms with Crippen molar-refractivity contribution in [2.75, 3.05) is 14.1 Å². The summed E-state index contributed by atoms with van der Waals surface area (Å²) in [6, 6.07) is 4.13. The molecule has 126 valence electrons. The fraction of sp³-hybridized carbons (Fsp3) is 0.600. The maximum atomic E-state index is 12.0. The van der Waals surface area contributed by atoms with Gasteiger partial charge in [0, 0.05) is 26.3 Å². The van der Waals surface area contributed by atoms with Crippen LogP contribution in [-0.2, 0) is 16.8 Å². The first-order valence-electron chi connectivity index (χ1n) is 7.98. The number of hydrogen-bond acceptors (Lipinski definition) is 4. The number of hydrogen-bond donors (Lipinski definition) is 1. The van der Waals surface area contributed by atoms with Crippen LogP contribution in [-0.4, -0.2) is 41.4 Å². The molecule has 1 fully saturated rings. The van der Waals surface area contributed by atoms with Gasteiger partial charge in [0.25, 0.3) is 10.2 Å². The molecule has 0 aromatic carbocycles. The molecule has 0 amide bonds. The molecule has 3 rings (SSSR count). The van der Waals surface area contributed by atoms with Crippen LogP contribution in [0.5, 0.6) is 0 Å². The monoisotopic (exact) mass is 337 g/mol. The Morgan fingerprint density at radius 3 is 2.74 bits per heavy atom. The highest BCUT2D eigenvalue weighted by atomic mass is 32.2. The number of fused-ring (bicyclic) bond motifs is 1. The average Bonchev–Trinajstić information content (AvgIpc) is 2.92. The van der Waals surface area contributed by atoms with Crippen molar-refractivity contribution in [1.82, 2.24) is 23.6 Å². The molecule has 0 unspecified atom stereocenters. The van der Waals surface area contributed by atoms with Crippen LogP contribution in [0.3, 0.4) is 0 Å². The summed E-state index contributed by atoms with van der Waals surface area (Å²) in [4.78, 5) is 9.07. The smallest absolute Gasteiger partial charge is 0.279 e. The van der Waals surface area contributed by atoms with Gasteiger partial charge in [-0.2, -0.15) is 17.4 Å². The molecule has 0 atom stereocenters. The summed E-state index contributed by atoms with van der Waals surface area (Å²) in [5.74, 6) is 0.732. The van der Waals surface area contributed by atoms with Crippen molar-refractivity contribution in [1.29, 1.82) is 0 Å². The number of imidazole rings is 1. The molecule has 23 heavy (non-hydrogen) atoms. The lowest BCUT2D eigenvalue weighted by atomic mass is 9.95. The summed E-state index contributed by atoms with van der Waals surface area (Å²) in [7, 11) is -0.456. The fourth-order valence-electron chi connectivity index (χ4n) is 3.11. The number of nitrogens with zero attached hydrogens (tertiary/aromatic N) is 4. The highest BCUT2D eigenvalue weighted by Gasteiger charge is 2.23. The molecular weight excluding hydrogens is 314 g/mol. The molecule has 0 saturated heterocycles. The minimum absolute atomic E-state index is 0.174. The molecule has 2 aromatic rings. The van der Waals surface area contributed by atoms with E-state index in [4.69, 9.17) is 0 Å². The zero-order valence-corrected chi connectivity index (χ0v) is 14.4. The molecule has 2 aromatic heterocycles. The van der Waals surface area contributed by atoms with Crippen molar-refractivity contribution in [3.8, 4) is 0 Å². The van der Waals surface area contributed by atoms with E-state index in [1.54, 1.807) is 6.20 Å². The molecule has 1 N–H and O–H groups in total. The maximum absolute atomic E-state index is 12.0. The first-order chi connectivity index (χ1) is 11.0. The summed E-state index contributed by atoms with van der Waals surface area (Å²) < 4.78 is 29.8. The van der Waals surface area contributed by atoms with Crippen molar-refractivity contribution >= 4 is 21.4 Å². The standard InChI is InChI=1S/C15H23N5O2S/c1-19(2)23(21,22)17-11-14-18-13-9-6-10-16-15(13)20(14)12-7-4-3-5-8-12/h6,9-10,12,17H,3-5,7-8,11H2,1-2H3. The molecule has 0 radical (unpaired) electrons. The van der Waals surface area contributed by atoms with Gasteiger partial charge in [0.15, 0.2) is 5.65 Å². The summed E-state index contributed by atoms with van der Waals surface area (Å²) in [6.07, 6.45) is 7.60.